The van der Waals surface area contributed by atoms with Crippen LogP contribution < -0.4 is 4.74 Å². The number of rotatable bonds is 5. The maximum atomic E-state index is 11.9. The molecule has 82 valence electrons. The maximum absolute atomic E-state index is 11.9. The van der Waals surface area contributed by atoms with E-state index >= 15 is 0 Å². The van der Waals surface area contributed by atoms with Crippen LogP contribution in [-0.2, 0) is 11.2 Å². The molecule has 0 fully saturated rings. The standard InChI is InChI=1S/C10H10F2O3/c11-10(12)15-8-5-1-3-7(9(8)14)4-2-6-13/h1,3,5-6,10,14H,2,4H2. The molecule has 3 nitrogen and oxygen atoms in total. The molecule has 0 atom stereocenters. The molecule has 0 aliphatic rings. The Morgan fingerprint density at radius 2 is 2.20 bits per heavy atom. The summed E-state index contributed by atoms with van der Waals surface area (Å²) in [5.41, 5.74) is 0.417. The van der Waals surface area contributed by atoms with Crippen LogP contribution in [0.3, 0.4) is 0 Å². The smallest absolute Gasteiger partial charge is 0.387 e. The van der Waals surface area contributed by atoms with Crippen molar-refractivity contribution in [2.75, 3.05) is 0 Å². The van der Waals surface area contributed by atoms with Crippen LogP contribution in [0.1, 0.15) is 12.0 Å². The molecule has 0 saturated carbocycles. The van der Waals surface area contributed by atoms with Crippen molar-refractivity contribution in [3.63, 3.8) is 0 Å². The van der Waals surface area contributed by atoms with Crippen LogP contribution in [0.2, 0.25) is 0 Å². The number of halogens is 2. The van der Waals surface area contributed by atoms with E-state index in [1.807, 2.05) is 0 Å². The van der Waals surface area contributed by atoms with Crippen LogP contribution in [0.4, 0.5) is 8.78 Å². The third kappa shape index (κ3) is 3.19. The molecule has 0 spiro atoms. The monoisotopic (exact) mass is 216 g/mol. The predicted octanol–water partition coefficient (Wildman–Crippen LogP) is 2.13. The van der Waals surface area contributed by atoms with Crippen LogP contribution >= 0.6 is 0 Å². The van der Waals surface area contributed by atoms with E-state index < -0.39 is 6.61 Å². The lowest BCUT2D eigenvalue weighted by molar-refractivity contribution is -0.107. The third-order valence-corrected chi connectivity index (χ3v) is 1.83. The van der Waals surface area contributed by atoms with Crippen molar-refractivity contribution >= 4 is 6.29 Å². The first-order chi connectivity index (χ1) is 7.15. The number of hydrogen-bond acceptors (Lipinski definition) is 3. The first-order valence-electron chi connectivity index (χ1n) is 4.34. The van der Waals surface area contributed by atoms with Gasteiger partial charge in [-0.1, -0.05) is 12.1 Å². The molecule has 0 aromatic heterocycles. The van der Waals surface area contributed by atoms with Crippen molar-refractivity contribution in [1.29, 1.82) is 0 Å². The largest absolute Gasteiger partial charge is 0.504 e. The Morgan fingerprint density at radius 3 is 2.80 bits per heavy atom. The number of carbonyl (C=O) groups is 1. The van der Waals surface area contributed by atoms with Crippen LogP contribution in [0, 0.1) is 0 Å². The van der Waals surface area contributed by atoms with E-state index in [0.717, 1.165) is 0 Å². The maximum Gasteiger partial charge on any atom is 0.387 e. The number of alkyl halides is 2. The summed E-state index contributed by atoms with van der Waals surface area (Å²) in [6.45, 7) is -2.97. The van der Waals surface area contributed by atoms with Crippen LogP contribution in [-0.4, -0.2) is 18.0 Å². The fourth-order valence-corrected chi connectivity index (χ4v) is 1.18. The SMILES string of the molecule is O=CCCc1cccc(OC(F)F)c1O. The average molecular weight is 216 g/mol. The van der Waals surface area contributed by atoms with E-state index in [9.17, 15) is 18.7 Å². The highest BCUT2D eigenvalue weighted by atomic mass is 19.3. The van der Waals surface area contributed by atoms with Gasteiger partial charge in [0.1, 0.15) is 6.29 Å². The normalized spacial score (nSPS) is 10.3. The lowest BCUT2D eigenvalue weighted by Gasteiger charge is -2.09. The molecule has 5 heteroatoms. The van der Waals surface area contributed by atoms with Gasteiger partial charge < -0.3 is 14.6 Å². The number of benzene rings is 1. The second-order valence-corrected chi connectivity index (χ2v) is 2.85. The number of aryl methyl sites for hydroxylation is 1. The molecule has 0 unspecified atom stereocenters. The van der Waals surface area contributed by atoms with Crippen molar-refractivity contribution in [3.05, 3.63) is 23.8 Å². The van der Waals surface area contributed by atoms with E-state index in [-0.39, 0.29) is 17.9 Å². The fourth-order valence-electron chi connectivity index (χ4n) is 1.18. The number of phenols is 1. The molecular weight excluding hydrogens is 206 g/mol. The van der Waals surface area contributed by atoms with Gasteiger partial charge in [-0.15, -0.1) is 0 Å². The number of phenolic OH excluding ortho intramolecular Hbond substituents is 1. The minimum absolute atomic E-state index is 0.228. The number of aromatic hydroxyl groups is 1. The van der Waals surface area contributed by atoms with Gasteiger partial charge in [-0.2, -0.15) is 8.78 Å². The Labute approximate surface area is 85.3 Å². The molecule has 15 heavy (non-hydrogen) atoms. The third-order valence-electron chi connectivity index (χ3n) is 1.83. The first-order valence-corrected chi connectivity index (χ1v) is 4.34. The van der Waals surface area contributed by atoms with Crippen molar-refractivity contribution in [1.82, 2.24) is 0 Å². The highest BCUT2D eigenvalue weighted by Gasteiger charge is 2.11. The second kappa shape index (κ2) is 5.29. The van der Waals surface area contributed by atoms with Gasteiger partial charge in [0.2, 0.25) is 0 Å². The average Bonchev–Trinajstić information content (AvgIpc) is 2.19. The molecule has 0 bridgehead atoms. The molecule has 0 aliphatic heterocycles. The molecule has 0 aliphatic carbocycles. The summed E-state index contributed by atoms with van der Waals surface area (Å²) in [7, 11) is 0. The molecule has 1 aromatic carbocycles. The topological polar surface area (TPSA) is 46.5 Å². The minimum atomic E-state index is -2.97. The summed E-state index contributed by atoms with van der Waals surface area (Å²) < 4.78 is 27.9. The summed E-state index contributed by atoms with van der Waals surface area (Å²) in [5.74, 6) is -0.604. The summed E-state index contributed by atoms with van der Waals surface area (Å²) in [4.78, 5) is 10.1. The van der Waals surface area contributed by atoms with Crippen LogP contribution in [0.25, 0.3) is 0 Å². The van der Waals surface area contributed by atoms with Crippen molar-refractivity contribution in [2.45, 2.75) is 19.5 Å². The summed E-state index contributed by atoms with van der Waals surface area (Å²) in [6.07, 6.45) is 1.22. The van der Waals surface area contributed by atoms with E-state index in [1.165, 1.54) is 12.1 Å². The Morgan fingerprint density at radius 1 is 1.47 bits per heavy atom. The summed E-state index contributed by atoms with van der Waals surface area (Å²) >= 11 is 0. The number of para-hydroxylation sites is 1. The zero-order chi connectivity index (χ0) is 11.3. The Bertz CT molecular complexity index is 339. The van der Waals surface area contributed by atoms with Crippen LogP contribution in [0.5, 0.6) is 11.5 Å². The molecule has 0 radical (unpaired) electrons. The van der Waals surface area contributed by atoms with Gasteiger partial charge in [0.15, 0.2) is 11.5 Å². The molecular formula is C10H10F2O3. The summed E-state index contributed by atoms with van der Waals surface area (Å²) in [6, 6.07) is 4.28. The van der Waals surface area contributed by atoms with Gasteiger partial charge in [0.05, 0.1) is 0 Å². The van der Waals surface area contributed by atoms with E-state index in [4.69, 9.17) is 0 Å². The lowest BCUT2D eigenvalue weighted by Crippen LogP contribution is -2.02. The second-order valence-electron chi connectivity index (χ2n) is 2.85. The van der Waals surface area contributed by atoms with Crippen molar-refractivity contribution in [2.24, 2.45) is 0 Å². The predicted molar refractivity (Wildman–Crippen MR) is 49.1 cm³/mol. The van der Waals surface area contributed by atoms with Gasteiger partial charge >= 0.3 is 6.61 Å². The fraction of sp³-hybridized carbons (Fsp3) is 0.300. The highest BCUT2D eigenvalue weighted by Crippen LogP contribution is 2.31. The Kier molecular flexibility index (Phi) is 4.03. The Balaban J connectivity index is 2.84. The quantitative estimate of drug-likeness (QED) is 0.767. The number of ether oxygens (including phenoxy) is 1. The molecule has 1 rings (SSSR count). The van der Waals surface area contributed by atoms with E-state index in [1.54, 1.807) is 6.07 Å². The van der Waals surface area contributed by atoms with E-state index in [0.29, 0.717) is 18.3 Å². The van der Waals surface area contributed by atoms with E-state index in [2.05, 4.69) is 4.74 Å². The van der Waals surface area contributed by atoms with Crippen molar-refractivity contribution < 1.29 is 23.4 Å². The molecule has 1 aromatic rings. The zero-order valence-electron chi connectivity index (χ0n) is 7.82. The number of hydrogen-bond donors (Lipinski definition) is 1. The van der Waals surface area contributed by atoms with Gasteiger partial charge in [0.25, 0.3) is 0 Å². The Hall–Kier alpha value is -1.65. The van der Waals surface area contributed by atoms with Crippen LogP contribution in [0.15, 0.2) is 18.2 Å². The molecule has 0 amide bonds. The molecule has 0 saturated heterocycles. The lowest BCUT2D eigenvalue weighted by atomic mass is 10.1. The minimum Gasteiger partial charge on any atom is -0.504 e. The van der Waals surface area contributed by atoms with Gasteiger partial charge in [-0.05, 0) is 18.1 Å². The van der Waals surface area contributed by atoms with Gasteiger partial charge in [-0.25, -0.2) is 0 Å². The number of carbonyl (C=O) groups excluding carboxylic acids is 1. The highest BCUT2D eigenvalue weighted by molar-refractivity contribution is 5.52. The summed E-state index contributed by atoms with van der Waals surface area (Å²) in [5, 5.41) is 9.49. The van der Waals surface area contributed by atoms with Gasteiger partial charge in [0, 0.05) is 6.42 Å². The van der Waals surface area contributed by atoms with Gasteiger partial charge in [-0.3, -0.25) is 0 Å². The zero-order valence-corrected chi connectivity index (χ0v) is 7.82. The van der Waals surface area contributed by atoms with Crippen molar-refractivity contribution in [3.8, 4) is 11.5 Å². The molecule has 0 heterocycles. The number of aldehydes is 1. The first kappa shape index (κ1) is 11.4. The molecule has 1 N–H and O–H groups in total.